The first-order valence-corrected chi connectivity index (χ1v) is 8.74. The molecular formula is C19H16FP. The molecule has 0 nitrogen and oxygen atoms in total. The van der Waals surface area contributed by atoms with Crippen LogP contribution in [0.1, 0.15) is 0 Å². The Kier molecular flexibility index (Phi) is 4.03. The average molecular weight is 294 g/mol. The average Bonchev–Trinajstić information content (AvgIpc) is 2.59. The molecule has 0 aliphatic carbocycles. The van der Waals surface area contributed by atoms with E-state index in [1.807, 2.05) is 91.0 Å². The van der Waals surface area contributed by atoms with Gasteiger partial charge in [-0.05, 0) is 15.9 Å². The van der Waals surface area contributed by atoms with Gasteiger partial charge >= 0.3 is 0 Å². The van der Waals surface area contributed by atoms with Crippen LogP contribution in [0.2, 0.25) is 0 Å². The zero-order valence-corrected chi connectivity index (χ0v) is 12.5. The third kappa shape index (κ3) is 2.46. The second-order valence-electron chi connectivity index (χ2n) is 4.83. The van der Waals surface area contributed by atoms with E-state index in [2.05, 4.69) is 0 Å². The first-order chi connectivity index (χ1) is 10.4. The lowest BCUT2D eigenvalue weighted by molar-refractivity contribution is 0.861. The second-order valence-corrected chi connectivity index (χ2v) is 8.02. The molecule has 0 aliphatic rings. The van der Waals surface area contributed by atoms with Crippen LogP contribution in [0.4, 0.5) is 4.39 Å². The van der Waals surface area contributed by atoms with Crippen molar-refractivity contribution in [2.75, 3.05) is 0 Å². The fourth-order valence-electron chi connectivity index (χ4n) is 2.61. The molecule has 0 heterocycles. The van der Waals surface area contributed by atoms with Gasteiger partial charge in [-0.25, -0.2) is 4.39 Å². The second kappa shape index (κ2) is 6.11. The number of hydrogen-bond acceptors (Lipinski definition) is 0. The minimum atomic E-state index is -2.33. The Labute approximate surface area is 124 Å². The minimum absolute atomic E-state index is 0.910. The highest BCUT2D eigenvalue weighted by molar-refractivity contribution is 7.94. The summed E-state index contributed by atoms with van der Waals surface area (Å²) in [6.07, 6.45) is 0. The summed E-state index contributed by atoms with van der Waals surface area (Å²) in [6.45, 7) is -2.33. The molecular weight excluding hydrogens is 278 g/mol. The predicted octanol–water partition coefficient (Wildman–Crippen LogP) is 3.71. The quantitative estimate of drug-likeness (QED) is 0.646. The van der Waals surface area contributed by atoms with E-state index in [0.29, 0.717) is 0 Å². The monoisotopic (exact) mass is 294 g/mol. The molecule has 104 valence electrons. The van der Waals surface area contributed by atoms with E-state index in [9.17, 15) is 4.39 Å². The molecule has 3 aromatic rings. The van der Waals surface area contributed by atoms with Crippen molar-refractivity contribution in [1.29, 1.82) is 0 Å². The van der Waals surface area contributed by atoms with Crippen molar-refractivity contribution in [2.24, 2.45) is 0 Å². The fourth-order valence-corrected chi connectivity index (χ4v) is 5.77. The van der Waals surface area contributed by atoms with E-state index in [4.69, 9.17) is 0 Å². The van der Waals surface area contributed by atoms with Crippen molar-refractivity contribution >= 4 is 28.8 Å². The van der Waals surface area contributed by atoms with Gasteiger partial charge in [-0.2, -0.15) is 0 Å². The Bertz CT molecular complexity index is 646. The van der Waals surface area contributed by atoms with Crippen LogP contribution in [-0.2, 0) is 0 Å². The van der Waals surface area contributed by atoms with E-state index in [0.717, 1.165) is 22.0 Å². The van der Waals surface area contributed by atoms with Crippen molar-refractivity contribution < 1.29 is 4.39 Å². The third-order valence-electron chi connectivity index (χ3n) is 3.64. The van der Waals surface area contributed by atoms with Gasteiger partial charge in [-0.15, -0.1) is 0 Å². The molecule has 0 fully saturated rings. The molecule has 0 saturated heterocycles. The van der Waals surface area contributed by atoms with Gasteiger partial charge in [0.15, 0.2) is 0 Å². The van der Waals surface area contributed by atoms with Crippen LogP contribution in [0.5, 0.6) is 0 Å². The highest BCUT2D eigenvalue weighted by atomic mass is 31.2. The van der Waals surface area contributed by atoms with Gasteiger partial charge in [0.25, 0.3) is 0 Å². The van der Waals surface area contributed by atoms with E-state index in [1.165, 1.54) is 0 Å². The Morgan fingerprint density at radius 3 is 1.05 bits per heavy atom. The van der Waals surface area contributed by atoms with Crippen LogP contribution >= 0.6 is 6.89 Å². The van der Waals surface area contributed by atoms with Crippen molar-refractivity contribution in [1.82, 2.24) is 0 Å². The molecule has 0 aromatic heterocycles. The SMILES string of the molecule is FC=P(c1ccccc1)(c1ccccc1)c1ccccc1. The summed E-state index contributed by atoms with van der Waals surface area (Å²) in [5.74, 6) is 0. The van der Waals surface area contributed by atoms with Crippen molar-refractivity contribution in [3.8, 4) is 0 Å². The first-order valence-electron chi connectivity index (χ1n) is 6.88. The molecule has 0 aliphatic heterocycles. The van der Waals surface area contributed by atoms with Gasteiger partial charge in [0.1, 0.15) is 0 Å². The Balaban J connectivity index is 2.35. The first kappa shape index (κ1) is 13.9. The zero-order chi connectivity index (χ0) is 14.5. The molecule has 0 atom stereocenters. The van der Waals surface area contributed by atoms with Crippen LogP contribution in [-0.4, -0.2) is 6.05 Å². The highest BCUT2D eigenvalue weighted by Gasteiger charge is 2.24. The predicted molar refractivity (Wildman–Crippen MR) is 92.3 cm³/mol. The number of hydrogen-bond donors (Lipinski definition) is 0. The summed E-state index contributed by atoms with van der Waals surface area (Å²) < 4.78 is 14.3. The summed E-state index contributed by atoms with van der Waals surface area (Å²) in [7, 11) is 0. The van der Waals surface area contributed by atoms with Crippen molar-refractivity contribution in [3.05, 3.63) is 91.0 Å². The maximum Gasteiger partial charge on any atom is 0.0951 e. The normalized spacial score (nSPS) is 11.1. The summed E-state index contributed by atoms with van der Waals surface area (Å²) in [6, 6.07) is 30.7. The Hall–Kier alpha value is -2.11. The van der Waals surface area contributed by atoms with Crippen LogP contribution in [0.25, 0.3) is 0 Å². The lowest BCUT2D eigenvalue weighted by Crippen LogP contribution is -2.26. The van der Waals surface area contributed by atoms with E-state index < -0.39 is 6.89 Å². The molecule has 3 aromatic carbocycles. The largest absolute Gasteiger partial charge is 0.214 e. The standard InChI is InChI=1S/C19H16FP/c20-16-21(17-10-4-1-5-11-17,18-12-6-2-7-13-18)19-14-8-3-9-15-19/h1-16H. The van der Waals surface area contributed by atoms with Crippen LogP contribution < -0.4 is 15.9 Å². The van der Waals surface area contributed by atoms with Crippen LogP contribution in [0.3, 0.4) is 0 Å². The van der Waals surface area contributed by atoms with Gasteiger partial charge in [0, 0.05) is 6.89 Å². The molecule has 0 spiro atoms. The summed E-state index contributed by atoms with van der Waals surface area (Å²) in [4.78, 5) is 0. The molecule has 3 rings (SSSR count). The minimum Gasteiger partial charge on any atom is -0.214 e. The highest BCUT2D eigenvalue weighted by Crippen LogP contribution is 2.43. The van der Waals surface area contributed by atoms with Gasteiger partial charge in [-0.1, -0.05) is 91.0 Å². The van der Waals surface area contributed by atoms with E-state index in [1.54, 1.807) is 0 Å². The molecule has 0 saturated carbocycles. The fraction of sp³-hybridized carbons (Fsp3) is 0. The Morgan fingerprint density at radius 2 is 0.810 bits per heavy atom. The van der Waals surface area contributed by atoms with Gasteiger partial charge in [0.2, 0.25) is 0 Å². The van der Waals surface area contributed by atoms with E-state index in [-0.39, 0.29) is 0 Å². The summed E-state index contributed by atoms with van der Waals surface area (Å²) in [5, 5.41) is 3.10. The molecule has 21 heavy (non-hydrogen) atoms. The topological polar surface area (TPSA) is 0 Å². The third-order valence-corrected chi connectivity index (χ3v) is 7.27. The molecule has 0 bridgehead atoms. The maximum absolute atomic E-state index is 14.3. The smallest absolute Gasteiger partial charge is 0.0951 e. The zero-order valence-electron chi connectivity index (χ0n) is 11.6. The number of benzene rings is 3. The molecule has 0 amide bonds. The lowest BCUT2D eigenvalue weighted by Gasteiger charge is -2.26. The van der Waals surface area contributed by atoms with Crippen LogP contribution in [0.15, 0.2) is 91.0 Å². The Morgan fingerprint density at radius 1 is 0.524 bits per heavy atom. The molecule has 0 N–H and O–H groups in total. The van der Waals surface area contributed by atoms with E-state index >= 15 is 0 Å². The van der Waals surface area contributed by atoms with Crippen LogP contribution in [0, 0.1) is 0 Å². The summed E-state index contributed by atoms with van der Waals surface area (Å²) >= 11 is 0. The summed E-state index contributed by atoms with van der Waals surface area (Å²) in [5.41, 5.74) is 0. The lowest BCUT2D eigenvalue weighted by atomic mass is 10.4. The van der Waals surface area contributed by atoms with Gasteiger partial charge in [-0.3, -0.25) is 0 Å². The number of rotatable bonds is 3. The maximum atomic E-state index is 14.3. The number of halogens is 1. The van der Waals surface area contributed by atoms with Crippen molar-refractivity contribution in [2.45, 2.75) is 0 Å². The van der Waals surface area contributed by atoms with Gasteiger partial charge < -0.3 is 0 Å². The molecule has 2 heteroatoms. The molecule has 0 radical (unpaired) electrons. The van der Waals surface area contributed by atoms with Gasteiger partial charge in [0.05, 0.1) is 6.05 Å². The van der Waals surface area contributed by atoms with Crippen molar-refractivity contribution in [3.63, 3.8) is 0 Å². The molecule has 0 unspecified atom stereocenters.